The Morgan fingerprint density at radius 1 is 1.50 bits per heavy atom. The van der Waals surface area contributed by atoms with Gasteiger partial charge in [-0.05, 0) is 19.1 Å². The molecule has 2 aromatic heterocycles. The van der Waals surface area contributed by atoms with Crippen LogP contribution in [0.3, 0.4) is 0 Å². The summed E-state index contributed by atoms with van der Waals surface area (Å²) in [4.78, 5) is 4.19. The molecular weight excluding hydrogens is 204 g/mol. The van der Waals surface area contributed by atoms with Gasteiger partial charge in [0.1, 0.15) is 17.9 Å². The summed E-state index contributed by atoms with van der Waals surface area (Å²) in [6.45, 7) is 4.54. The van der Waals surface area contributed by atoms with Gasteiger partial charge in [-0.3, -0.25) is 0 Å². The third-order valence-corrected chi connectivity index (χ3v) is 2.41. The Bertz CT molecular complexity index is 407. The van der Waals surface area contributed by atoms with Crippen molar-refractivity contribution < 1.29 is 4.42 Å². The van der Waals surface area contributed by atoms with Crippen LogP contribution in [0.25, 0.3) is 0 Å². The molecule has 0 aromatic carbocycles. The highest BCUT2D eigenvalue weighted by atomic mass is 16.3. The molecule has 0 aliphatic heterocycles. The van der Waals surface area contributed by atoms with Crippen molar-refractivity contribution in [3.05, 3.63) is 36.3 Å². The molecule has 5 nitrogen and oxygen atoms in total. The molecule has 1 N–H and O–H groups in total. The fourth-order valence-electron chi connectivity index (χ4n) is 1.56. The number of nitrogens with zero attached hydrogens (tertiary/aromatic N) is 3. The maximum Gasteiger partial charge on any atom is 0.140 e. The van der Waals surface area contributed by atoms with E-state index in [-0.39, 0.29) is 0 Å². The second-order valence-corrected chi connectivity index (χ2v) is 3.50. The Balaban J connectivity index is 1.72. The number of hydrogen-bond acceptors (Lipinski definition) is 4. The Kier molecular flexibility index (Phi) is 3.71. The van der Waals surface area contributed by atoms with Gasteiger partial charge in [0.05, 0.1) is 12.8 Å². The standard InChI is InChI=1S/C11H16N4O/c1-2-15-11(13-9-14-15)8-12-6-5-10-4-3-7-16-10/h3-4,7,9,12H,2,5-6,8H2,1H3. The van der Waals surface area contributed by atoms with Crippen molar-refractivity contribution in [1.29, 1.82) is 0 Å². The van der Waals surface area contributed by atoms with E-state index >= 15 is 0 Å². The summed E-state index contributed by atoms with van der Waals surface area (Å²) < 4.78 is 7.13. The number of aryl methyl sites for hydroxylation is 1. The molecular formula is C11H16N4O. The van der Waals surface area contributed by atoms with Crippen LogP contribution in [0.2, 0.25) is 0 Å². The molecule has 0 aliphatic carbocycles. The van der Waals surface area contributed by atoms with Crippen molar-refractivity contribution in [2.45, 2.75) is 26.4 Å². The predicted octanol–water partition coefficient (Wildman–Crippen LogP) is 1.22. The molecule has 0 saturated carbocycles. The molecule has 0 atom stereocenters. The highest BCUT2D eigenvalue weighted by Crippen LogP contribution is 2.00. The molecule has 2 aromatic rings. The van der Waals surface area contributed by atoms with Gasteiger partial charge in [-0.15, -0.1) is 0 Å². The summed E-state index contributed by atoms with van der Waals surface area (Å²) in [7, 11) is 0. The highest BCUT2D eigenvalue weighted by Gasteiger charge is 2.01. The molecule has 86 valence electrons. The number of furan rings is 1. The van der Waals surface area contributed by atoms with Crippen LogP contribution < -0.4 is 5.32 Å². The summed E-state index contributed by atoms with van der Waals surface area (Å²) in [5.41, 5.74) is 0. The zero-order chi connectivity index (χ0) is 11.2. The summed E-state index contributed by atoms with van der Waals surface area (Å²) in [6.07, 6.45) is 4.18. The monoisotopic (exact) mass is 220 g/mol. The van der Waals surface area contributed by atoms with Gasteiger partial charge >= 0.3 is 0 Å². The molecule has 5 heteroatoms. The van der Waals surface area contributed by atoms with Crippen molar-refractivity contribution in [3.63, 3.8) is 0 Å². The third-order valence-electron chi connectivity index (χ3n) is 2.41. The fraction of sp³-hybridized carbons (Fsp3) is 0.455. The Labute approximate surface area is 94.5 Å². The topological polar surface area (TPSA) is 55.9 Å². The van der Waals surface area contributed by atoms with Gasteiger partial charge in [0, 0.05) is 19.5 Å². The first-order valence-corrected chi connectivity index (χ1v) is 5.50. The van der Waals surface area contributed by atoms with Gasteiger partial charge < -0.3 is 9.73 Å². The van der Waals surface area contributed by atoms with Crippen molar-refractivity contribution in [2.24, 2.45) is 0 Å². The average molecular weight is 220 g/mol. The maximum atomic E-state index is 5.24. The zero-order valence-corrected chi connectivity index (χ0v) is 9.39. The first-order chi connectivity index (χ1) is 7.90. The number of hydrogen-bond donors (Lipinski definition) is 1. The van der Waals surface area contributed by atoms with Gasteiger partial charge in [0.25, 0.3) is 0 Å². The van der Waals surface area contributed by atoms with Gasteiger partial charge in [0.2, 0.25) is 0 Å². The van der Waals surface area contributed by atoms with Gasteiger partial charge in [-0.25, -0.2) is 9.67 Å². The van der Waals surface area contributed by atoms with E-state index in [1.165, 1.54) is 0 Å². The van der Waals surface area contributed by atoms with Crippen molar-refractivity contribution in [3.8, 4) is 0 Å². The molecule has 0 spiro atoms. The van der Waals surface area contributed by atoms with Crippen LogP contribution in [0, 0.1) is 0 Å². The maximum absolute atomic E-state index is 5.24. The van der Waals surface area contributed by atoms with E-state index in [9.17, 15) is 0 Å². The van der Waals surface area contributed by atoms with E-state index in [0.717, 1.165) is 37.6 Å². The Hall–Kier alpha value is -1.62. The first kappa shape index (κ1) is 10.9. The lowest BCUT2D eigenvalue weighted by Crippen LogP contribution is -2.19. The molecule has 2 heterocycles. The first-order valence-electron chi connectivity index (χ1n) is 5.50. The average Bonchev–Trinajstić information content (AvgIpc) is 2.95. The molecule has 0 aliphatic rings. The van der Waals surface area contributed by atoms with Crippen molar-refractivity contribution in [1.82, 2.24) is 20.1 Å². The minimum Gasteiger partial charge on any atom is -0.469 e. The van der Waals surface area contributed by atoms with Crippen LogP contribution in [0.5, 0.6) is 0 Å². The van der Waals surface area contributed by atoms with E-state index in [4.69, 9.17) is 4.42 Å². The van der Waals surface area contributed by atoms with Crippen LogP contribution in [0.1, 0.15) is 18.5 Å². The number of rotatable bonds is 6. The Morgan fingerprint density at radius 2 is 2.44 bits per heavy atom. The molecule has 16 heavy (non-hydrogen) atoms. The lowest BCUT2D eigenvalue weighted by Gasteiger charge is -2.04. The van der Waals surface area contributed by atoms with E-state index in [0.29, 0.717) is 0 Å². The molecule has 0 amide bonds. The van der Waals surface area contributed by atoms with Gasteiger partial charge in [-0.1, -0.05) is 0 Å². The fourth-order valence-corrected chi connectivity index (χ4v) is 1.56. The van der Waals surface area contributed by atoms with Crippen LogP contribution in [0.15, 0.2) is 29.1 Å². The van der Waals surface area contributed by atoms with Crippen molar-refractivity contribution >= 4 is 0 Å². The molecule has 0 radical (unpaired) electrons. The molecule has 0 bridgehead atoms. The van der Waals surface area contributed by atoms with E-state index in [1.807, 2.05) is 16.8 Å². The summed E-state index contributed by atoms with van der Waals surface area (Å²) in [5.74, 6) is 1.98. The lowest BCUT2D eigenvalue weighted by atomic mass is 10.3. The summed E-state index contributed by atoms with van der Waals surface area (Å²) >= 11 is 0. The SMILES string of the molecule is CCn1ncnc1CNCCc1ccco1. The Morgan fingerprint density at radius 3 is 3.19 bits per heavy atom. The lowest BCUT2D eigenvalue weighted by molar-refractivity contribution is 0.494. The van der Waals surface area contributed by atoms with Crippen molar-refractivity contribution in [2.75, 3.05) is 6.54 Å². The van der Waals surface area contributed by atoms with E-state index in [1.54, 1.807) is 12.6 Å². The molecule has 0 saturated heterocycles. The normalized spacial score (nSPS) is 10.8. The van der Waals surface area contributed by atoms with Crippen LogP contribution in [-0.4, -0.2) is 21.3 Å². The van der Waals surface area contributed by atoms with Crippen LogP contribution in [0.4, 0.5) is 0 Å². The largest absolute Gasteiger partial charge is 0.469 e. The van der Waals surface area contributed by atoms with Crippen LogP contribution in [-0.2, 0) is 19.5 Å². The summed E-state index contributed by atoms with van der Waals surface area (Å²) in [6, 6.07) is 3.89. The predicted molar refractivity (Wildman–Crippen MR) is 59.8 cm³/mol. The molecule has 0 fully saturated rings. The van der Waals surface area contributed by atoms with Gasteiger partial charge in [-0.2, -0.15) is 5.10 Å². The van der Waals surface area contributed by atoms with Gasteiger partial charge in [0.15, 0.2) is 0 Å². The van der Waals surface area contributed by atoms with E-state index in [2.05, 4.69) is 22.3 Å². The number of aromatic nitrogens is 3. The third kappa shape index (κ3) is 2.70. The molecule has 2 rings (SSSR count). The summed E-state index contributed by atoms with van der Waals surface area (Å²) in [5, 5.41) is 7.43. The zero-order valence-electron chi connectivity index (χ0n) is 9.39. The quantitative estimate of drug-likeness (QED) is 0.744. The minimum absolute atomic E-state index is 0.745. The second kappa shape index (κ2) is 5.46. The number of nitrogens with one attached hydrogen (secondary N) is 1. The second-order valence-electron chi connectivity index (χ2n) is 3.50. The highest BCUT2D eigenvalue weighted by molar-refractivity contribution is 4.98. The molecule has 0 unspecified atom stereocenters. The smallest absolute Gasteiger partial charge is 0.140 e. The minimum atomic E-state index is 0.745. The van der Waals surface area contributed by atoms with Crippen LogP contribution >= 0.6 is 0 Å². The van der Waals surface area contributed by atoms with E-state index < -0.39 is 0 Å².